The number of anilines is 6. The molecule has 7 heteroatoms. The summed E-state index contributed by atoms with van der Waals surface area (Å²) in [4.78, 5) is 40.5. The fourth-order valence-electron chi connectivity index (χ4n) is 8.63. The van der Waals surface area contributed by atoms with Gasteiger partial charge in [-0.15, -0.1) is 0 Å². The third-order valence-electron chi connectivity index (χ3n) is 11.7. The minimum atomic E-state index is 0.0722. The number of benzene rings is 3. The Morgan fingerprint density at radius 1 is 0.404 bits per heavy atom. The normalized spacial score (nSPS) is 17.3. The summed E-state index contributed by atoms with van der Waals surface area (Å²) in [6.07, 6.45) is 23.8. The lowest BCUT2D eigenvalue weighted by atomic mass is 9.86. The van der Waals surface area contributed by atoms with E-state index in [0.29, 0.717) is 37.0 Å². The first-order valence-corrected chi connectivity index (χ1v) is 20.5. The van der Waals surface area contributed by atoms with Crippen LogP contribution in [0.3, 0.4) is 0 Å². The summed E-state index contributed by atoms with van der Waals surface area (Å²) in [6.45, 7) is 0. The molecule has 3 N–H and O–H groups in total. The van der Waals surface area contributed by atoms with Gasteiger partial charge in [-0.2, -0.15) is 0 Å². The Hall–Kier alpha value is -4.13. The third-order valence-corrected chi connectivity index (χ3v) is 11.7. The zero-order valence-electron chi connectivity index (χ0n) is 31.2. The molecule has 0 radical (unpaired) electrons. The Labute approximate surface area is 311 Å². The molecule has 0 spiro atoms. The smallest absolute Gasteiger partial charge is 0.224 e. The van der Waals surface area contributed by atoms with Crippen LogP contribution in [0.2, 0.25) is 0 Å². The summed E-state index contributed by atoms with van der Waals surface area (Å²) in [6, 6.07) is 23.9. The second-order valence-electron chi connectivity index (χ2n) is 15.7. The molecular weight excluding hydrogens is 645 g/mol. The highest BCUT2D eigenvalue weighted by Crippen LogP contribution is 2.37. The molecule has 7 nitrogen and oxygen atoms in total. The standard InChI is InChI=1S/C45H60N4O3/c50-43(31-16-34-10-4-1-5-11-34)46-37-19-25-40(26-20-37)49(41-27-21-38(22-28-41)47-44(51)32-17-35-12-6-2-7-13-35)42-29-23-39(24-30-42)48-45(52)33-18-36-14-8-3-9-15-36/h19-30,34-36H,1-18,31-33H2,(H,46,50)(H,47,51)(H,48,52). The predicted molar refractivity (Wildman–Crippen MR) is 214 cm³/mol. The van der Waals surface area contributed by atoms with E-state index in [1.807, 2.05) is 72.8 Å². The summed E-state index contributed by atoms with van der Waals surface area (Å²) in [7, 11) is 0. The Morgan fingerprint density at radius 3 is 0.904 bits per heavy atom. The van der Waals surface area contributed by atoms with Gasteiger partial charge in [0.15, 0.2) is 0 Å². The van der Waals surface area contributed by atoms with Gasteiger partial charge in [-0.25, -0.2) is 0 Å². The van der Waals surface area contributed by atoms with Crippen LogP contribution in [0.5, 0.6) is 0 Å². The minimum absolute atomic E-state index is 0.0722. The van der Waals surface area contributed by atoms with Crippen molar-refractivity contribution in [3.63, 3.8) is 0 Å². The van der Waals surface area contributed by atoms with Gasteiger partial charge in [0.2, 0.25) is 17.7 Å². The zero-order valence-corrected chi connectivity index (χ0v) is 31.2. The molecule has 3 aliphatic rings. The summed E-state index contributed by atoms with van der Waals surface area (Å²) >= 11 is 0. The second kappa shape index (κ2) is 19.6. The van der Waals surface area contributed by atoms with E-state index < -0.39 is 0 Å². The van der Waals surface area contributed by atoms with Crippen LogP contribution in [0.15, 0.2) is 72.8 Å². The SMILES string of the molecule is O=C(CCC1CCCCC1)Nc1ccc(N(c2ccc(NC(=O)CCC3CCCCC3)cc2)c2ccc(NC(=O)CCC3CCCCC3)cc2)cc1. The average molecular weight is 705 g/mol. The third kappa shape index (κ3) is 11.7. The molecule has 3 aromatic rings. The van der Waals surface area contributed by atoms with Gasteiger partial charge < -0.3 is 20.9 Å². The number of hydrogen-bond donors (Lipinski definition) is 3. The van der Waals surface area contributed by atoms with Gasteiger partial charge in [0.25, 0.3) is 0 Å². The van der Waals surface area contributed by atoms with Crippen LogP contribution in [-0.4, -0.2) is 17.7 Å². The predicted octanol–water partition coefficient (Wildman–Crippen LogP) is 12.1. The Kier molecular flexibility index (Phi) is 14.2. The molecule has 3 saturated carbocycles. The lowest BCUT2D eigenvalue weighted by molar-refractivity contribution is -0.117. The molecular formula is C45H60N4O3. The van der Waals surface area contributed by atoms with Gasteiger partial charge in [-0.1, -0.05) is 96.3 Å². The number of rotatable bonds is 15. The number of carbonyl (C=O) groups excluding carboxylic acids is 3. The molecule has 3 amide bonds. The van der Waals surface area contributed by atoms with E-state index in [2.05, 4.69) is 20.9 Å². The van der Waals surface area contributed by atoms with Crippen molar-refractivity contribution >= 4 is 51.8 Å². The molecule has 52 heavy (non-hydrogen) atoms. The molecule has 3 aromatic carbocycles. The van der Waals surface area contributed by atoms with Crippen molar-refractivity contribution in [1.29, 1.82) is 0 Å². The summed E-state index contributed by atoms with van der Waals surface area (Å²) in [5.41, 5.74) is 5.18. The number of nitrogens with one attached hydrogen (secondary N) is 3. The van der Waals surface area contributed by atoms with E-state index in [-0.39, 0.29) is 17.7 Å². The van der Waals surface area contributed by atoms with Crippen LogP contribution >= 0.6 is 0 Å². The van der Waals surface area contributed by atoms with Crippen LogP contribution < -0.4 is 20.9 Å². The van der Waals surface area contributed by atoms with Crippen molar-refractivity contribution in [2.75, 3.05) is 20.9 Å². The molecule has 278 valence electrons. The van der Waals surface area contributed by atoms with Crippen molar-refractivity contribution < 1.29 is 14.4 Å². The van der Waals surface area contributed by atoms with Gasteiger partial charge in [0.05, 0.1) is 0 Å². The summed E-state index contributed by atoms with van der Waals surface area (Å²) in [5.74, 6) is 2.25. The van der Waals surface area contributed by atoms with Gasteiger partial charge in [-0.05, 0) is 110 Å². The fraction of sp³-hybridized carbons (Fsp3) is 0.533. The molecule has 0 saturated heterocycles. The first-order chi connectivity index (χ1) is 25.5. The monoisotopic (exact) mass is 704 g/mol. The maximum absolute atomic E-state index is 12.8. The molecule has 3 fully saturated rings. The maximum Gasteiger partial charge on any atom is 0.224 e. The van der Waals surface area contributed by atoms with Crippen molar-refractivity contribution in [3.8, 4) is 0 Å². The second-order valence-corrected chi connectivity index (χ2v) is 15.7. The Morgan fingerprint density at radius 2 is 0.654 bits per heavy atom. The maximum atomic E-state index is 12.8. The molecule has 0 unspecified atom stereocenters. The molecule has 6 rings (SSSR count). The van der Waals surface area contributed by atoms with E-state index in [0.717, 1.165) is 53.4 Å². The number of carbonyl (C=O) groups is 3. The van der Waals surface area contributed by atoms with Crippen molar-refractivity contribution in [1.82, 2.24) is 0 Å². The highest BCUT2D eigenvalue weighted by molar-refractivity contribution is 5.93. The van der Waals surface area contributed by atoms with Gasteiger partial charge in [0, 0.05) is 53.4 Å². The highest BCUT2D eigenvalue weighted by Gasteiger charge is 2.19. The Balaban J connectivity index is 1.11. The van der Waals surface area contributed by atoms with Gasteiger partial charge in [0.1, 0.15) is 0 Å². The van der Waals surface area contributed by atoms with Crippen LogP contribution in [0.4, 0.5) is 34.1 Å². The zero-order chi connectivity index (χ0) is 36.0. The first-order valence-electron chi connectivity index (χ1n) is 20.5. The topological polar surface area (TPSA) is 90.5 Å². The quantitative estimate of drug-likeness (QED) is 0.147. The largest absolute Gasteiger partial charge is 0.326 e. The molecule has 0 atom stereocenters. The van der Waals surface area contributed by atoms with E-state index in [1.54, 1.807) is 0 Å². The van der Waals surface area contributed by atoms with Crippen LogP contribution in [0, 0.1) is 17.8 Å². The Bertz CT molecular complexity index is 1360. The van der Waals surface area contributed by atoms with E-state index in [9.17, 15) is 14.4 Å². The first kappa shape index (κ1) is 37.6. The minimum Gasteiger partial charge on any atom is -0.326 e. The number of nitrogens with zero attached hydrogens (tertiary/aromatic N) is 1. The lowest BCUT2D eigenvalue weighted by Crippen LogP contribution is -2.16. The molecule has 0 bridgehead atoms. The average Bonchev–Trinajstić information content (AvgIpc) is 3.19. The van der Waals surface area contributed by atoms with Crippen molar-refractivity contribution in [3.05, 3.63) is 72.8 Å². The molecule has 0 heterocycles. The van der Waals surface area contributed by atoms with Crippen molar-refractivity contribution in [2.24, 2.45) is 17.8 Å². The van der Waals surface area contributed by atoms with Crippen molar-refractivity contribution in [2.45, 2.75) is 135 Å². The molecule has 3 aliphatic carbocycles. The van der Waals surface area contributed by atoms with Crippen LogP contribution in [0.1, 0.15) is 135 Å². The molecule has 0 aliphatic heterocycles. The number of amides is 3. The number of hydrogen-bond acceptors (Lipinski definition) is 4. The van der Waals surface area contributed by atoms with E-state index in [4.69, 9.17) is 0 Å². The van der Waals surface area contributed by atoms with Gasteiger partial charge >= 0.3 is 0 Å². The van der Waals surface area contributed by atoms with E-state index >= 15 is 0 Å². The summed E-state index contributed by atoms with van der Waals surface area (Å²) < 4.78 is 0. The fourth-order valence-corrected chi connectivity index (χ4v) is 8.63. The lowest BCUT2D eigenvalue weighted by Gasteiger charge is -2.26. The van der Waals surface area contributed by atoms with Crippen LogP contribution in [-0.2, 0) is 14.4 Å². The van der Waals surface area contributed by atoms with E-state index in [1.165, 1.54) is 96.3 Å². The highest BCUT2D eigenvalue weighted by atomic mass is 16.2. The van der Waals surface area contributed by atoms with Gasteiger partial charge in [-0.3, -0.25) is 14.4 Å². The molecule has 0 aromatic heterocycles. The summed E-state index contributed by atoms with van der Waals surface area (Å²) in [5, 5.41) is 9.31. The van der Waals surface area contributed by atoms with Crippen LogP contribution in [0.25, 0.3) is 0 Å².